The first kappa shape index (κ1) is 65.1. The average Bonchev–Trinajstić information content (AvgIpc) is 3.34. The Morgan fingerprint density at radius 1 is 0.309 bits per heavy atom. The minimum atomic E-state index is -0.779. The van der Waals surface area contributed by atoms with Crippen molar-refractivity contribution < 1.29 is 28.6 Å². The summed E-state index contributed by atoms with van der Waals surface area (Å²) in [5.74, 6) is -0.880. The van der Waals surface area contributed by atoms with Crippen LogP contribution in [0.15, 0.2) is 60.8 Å². The van der Waals surface area contributed by atoms with Crippen molar-refractivity contribution in [2.24, 2.45) is 0 Å². The molecule has 1 atom stereocenters. The minimum Gasteiger partial charge on any atom is -0.462 e. The molecular formula is C62H110O6. The molecular weight excluding hydrogens is 841 g/mol. The van der Waals surface area contributed by atoms with Crippen LogP contribution in [0.1, 0.15) is 297 Å². The van der Waals surface area contributed by atoms with Gasteiger partial charge in [0.05, 0.1) is 0 Å². The highest BCUT2D eigenvalue weighted by molar-refractivity contribution is 5.71. The van der Waals surface area contributed by atoms with Gasteiger partial charge >= 0.3 is 17.9 Å². The molecule has 0 radical (unpaired) electrons. The highest BCUT2D eigenvalue weighted by atomic mass is 16.6. The fourth-order valence-corrected chi connectivity index (χ4v) is 8.37. The second-order valence-corrected chi connectivity index (χ2v) is 19.5. The van der Waals surface area contributed by atoms with Crippen molar-refractivity contribution in [3.8, 4) is 0 Å². The van der Waals surface area contributed by atoms with Crippen LogP contribution in [0, 0.1) is 0 Å². The van der Waals surface area contributed by atoms with Crippen molar-refractivity contribution in [2.75, 3.05) is 13.2 Å². The first-order valence-corrected chi connectivity index (χ1v) is 29.3. The van der Waals surface area contributed by atoms with Crippen LogP contribution >= 0.6 is 0 Å². The van der Waals surface area contributed by atoms with Crippen molar-refractivity contribution in [3.05, 3.63) is 60.8 Å². The van der Waals surface area contributed by atoms with Crippen LogP contribution in [0.5, 0.6) is 0 Å². The van der Waals surface area contributed by atoms with E-state index in [0.29, 0.717) is 19.3 Å². The molecule has 0 spiro atoms. The zero-order valence-electron chi connectivity index (χ0n) is 45.1. The molecule has 68 heavy (non-hydrogen) atoms. The highest BCUT2D eigenvalue weighted by Gasteiger charge is 2.19. The summed E-state index contributed by atoms with van der Waals surface area (Å²) in [5.41, 5.74) is 0. The fraction of sp³-hybridized carbons (Fsp3) is 0.790. The van der Waals surface area contributed by atoms with E-state index in [2.05, 4.69) is 81.5 Å². The molecule has 0 aromatic carbocycles. The highest BCUT2D eigenvalue weighted by Crippen LogP contribution is 2.16. The summed E-state index contributed by atoms with van der Waals surface area (Å²) in [5, 5.41) is 0. The third-order valence-corrected chi connectivity index (χ3v) is 12.8. The minimum absolute atomic E-state index is 0.0783. The lowest BCUT2D eigenvalue weighted by Crippen LogP contribution is -2.30. The maximum atomic E-state index is 12.9. The van der Waals surface area contributed by atoms with E-state index in [1.165, 1.54) is 161 Å². The van der Waals surface area contributed by atoms with Crippen LogP contribution in [0.25, 0.3) is 0 Å². The van der Waals surface area contributed by atoms with Crippen LogP contribution in [0.3, 0.4) is 0 Å². The molecule has 0 saturated heterocycles. The molecule has 0 aliphatic heterocycles. The van der Waals surface area contributed by atoms with E-state index in [1.807, 2.05) is 0 Å². The van der Waals surface area contributed by atoms with Gasteiger partial charge in [-0.1, -0.05) is 255 Å². The third kappa shape index (κ3) is 54.1. The van der Waals surface area contributed by atoms with Crippen LogP contribution in [0.4, 0.5) is 0 Å². The van der Waals surface area contributed by atoms with Gasteiger partial charge in [0.1, 0.15) is 13.2 Å². The number of ether oxygens (including phenoxy) is 3. The van der Waals surface area contributed by atoms with Crippen molar-refractivity contribution in [3.63, 3.8) is 0 Å². The molecule has 1 unspecified atom stereocenters. The first-order chi connectivity index (χ1) is 33.5. The number of carbonyl (C=O) groups excluding carboxylic acids is 3. The normalized spacial score (nSPS) is 12.5. The van der Waals surface area contributed by atoms with Crippen molar-refractivity contribution in [1.82, 2.24) is 0 Å². The van der Waals surface area contributed by atoms with E-state index in [0.717, 1.165) is 96.3 Å². The molecule has 0 aromatic heterocycles. The van der Waals surface area contributed by atoms with E-state index in [1.54, 1.807) is 0 Å². The predicted octanol–water partition coefficient (Wildman–Crippen LogP) is 19.6. The summed E-state index contributed by atoms with van der Waals surface area (Å²) >= 11 is 0. The first-order valence-electron chi connectivity index (χ1n) is 29.3. The number of hydrogen-bond acceptors (Lipinski definition) is 6. The number of unbranched alkanes of at least 4 members (excludes halogenated alkanes) is 32. The molecule has 0 amide bonds. The van der Waals surface area contributed by atoms with Gasteiger partial charge in [-0.25, -0.2) is 0 Å². The maximum Gasteiger partial charge on any atom is 0.306 e. The lowest BCUT2D eigenvalue weighted by Gasteiger charge is -2.18. The molecule has 6 nitrogen and oxygen atoms in total. The predicted molar refractivity (Wildman–Crippen MR) is 293 cm³/mol. The Balaban J connectivity index is 4.35. The molecule has 0 saturated carbocycles. The zero-order chi connectivity index (χ0) is 49.3. The van der Waals surface area contributed by atoms with E-state index in [4.69, 9.17) is 14.2 Å². The van der Waals surface area contributed by atoms with Gasteiger partial charge in [0.15, 0.2) is 6.10 Å². The van der Waals surface area contributed by atoms with Crippen molar-refractivity contribution >= 4 is 17.9 Å². The van der Waals surface area contributed by atoms with Gasteiger partial charge in [0.25, 0.3) is 0 Å². The Kier molecular flexibility index (Phi) is 54.3. The molecule has 0 aliphatic rings. The molecule has 0 fully saturated rings. The Labute approximate surface area is 421 Å². The Hall–Kier alpha value is -2.89. The van der Waals surface area contributed by atoms with Gasteiger partial charge in [0.2, 0.25) is 0 Å². The van der Waals surface area contributed by atoms with Gasteiger partial charge in [0, 0.05) is 19.3 Å². The molecule has 0 rings (SSSR count). The molecule has 0 heterocycles. The Morgan fingerprint density at radius 3 is 0.912 bits per heavy atom. The monoisotopic (exact) mass is 951 g/mol. The van der Waals surface area contributed by atoms with Gasteiger partial charge in [-0.3, -0.25) is 14.4 Å². The number of esters is 3. The summed E-state index contributed by atoms with van der Waals surface area (Å²) in [6.45, 7) is 6.54. The average molecular weight is 952 g/mol. The van der Waals surface area contributed by atoms with E-state index in [9.17, 15) is 14.4 Å². The molecule has 6 heteroatoms. The molecule has 0 aliphatic carbocycles. The standard InChI is InChI=1S/C62H110O6/c1-4-7-10-13-16-19-22-25-28-29-30-31-32-33-35-37-40-43-46-49-52-55-61(64)67-58-59(57-66-60(63)54-51-48-45-42-39-36-27-24-21-18-15-12-9-6-3)68-62(65)56-53-50-47-44-41-38-34-26-23-20-17-14-11-8-5-2/h7,10,16,19,24-25,27-28,30-31,59H,4-6,8-9,11-15,17-18,20-23,26,29,32-58H2,1-3H3/b10-7-,19-16-,27-24-,28-25-,31-30-. The smallest absolute Gasteiger partial charge is 0.306 e. The third-order valence-electron chi connectivity index (χ3n) is 12.8. The summed E-state index contributed by atoms with van der Waals surface area (Å²) in [4.78, 5) is 38.2. The topological polar surface area (TPSA) is 78.9 Å². The van der Waals surface area contributed by atoms with Gasteiger partial charge in [-0.2, -0.15) is 0 Å². The number of allylic oxidation sites excluding steroid dienone is 10. The van der Waals surface area contributed by atoms with Crippen molar-refractivity contribution in [2.45, 2.75) is 303 Å². The second kappa shape index (κ2) is 56.7. The Bertz CT molecular complexity index is 1230. The maximum absolute atomic E-state index is 12.9. The lowest BCUT2D eigenvalue weighted by atomic mass is 10.0. The molecule has 0 N–H and O–H groups in total. The molecule has 0 aromatic rings. The lowest BCUT2D eigenvalue weighted by molar-refractivity contribution is -0.167. The van der Waals surface area contributed by atoms with Crippen LogP contribution in [-0.4, -0.2) is 37.2 Å². The number of carbonyl (C=O) groups is 3. The Morgan fingerprint density at radius 2 is 0.574 bits per heavy atom. The summed E-state index contributed by atoms with van der Waals surface area (Å²) < 4.78 is 16.9. The second-order valence-electron chi connectivity index (χ2n) is 19.5. The van der Waals surface area contributed by atoms with Crippen LogP contribution in [0.2, 0.25) is 0 Å². The summed E-state index contributed by atoms with van der Waals surface area (Å²) in [7, 11) is 0. The molecule has 0 bridgehead atoms. The zero-order valence-corrected chi connectivity index (χ0v) is 45.1. The van der Waals surface area contributed by atoms with E-state index in [-0.39, 0.29) is 31.1 Å². The largest absolute Gasteiger partial charge is 0.462 e. The van der Waals surface area contributed by atoms with Crippen molar-refractivity contribution in [1.29, 1.82) is 0 Å². The summed E-state index contributed by atoms with van der Waals surface area (Å²) in [6, 6.07) is 0. The summed E-state index contributed by atoms with van der Waals surface area (Å²) in [6.07, 6.45) is 70.6. The van der Waals surface area contributed by atoms with E-state index < -0.39 is 6.10 Å². The van der Waals surface area contributed by atoms with Gasteiger partial charge in [-0.15, -0.1) is 0 Å². The quantitative estimate of drug-likeness (QED) is 0.0262. The van der Waals surface area contributed by atoms with Crippen LogP contribution < -0.4 is 0 Å². The van der Waals surface area contributed by atoms with Crippen LogP contribution in [-0.2, 0) is 28.6 Å². The van der Waals surface area contributed by atoms with E-state index >= 15 is 0 Å². The molecule has 394 valence electrons. The fourth-order valence-electron chi connectivity index (χ4n) is 8.37. The number of hydrogen-bond donors (Lipinski definition) is 0. The van der Waals surface area contributed by atoms with Gasteiger partial charge < -0.3 is 14.2 Å². The van der Waals surface area contributed by atoms with Gasteiger partial charge in [-0.05, 0) is 83.5 Å². The number of rotatable bonds is 53. The SMILES string of the molecule is CC/C=C\C/C=C\C/C=C\C/C=C\CCCCCCCCCCC(=O)OCC(COC(=O)CCCCCCC/C=C\CCCCCCC)OC(=O)CCCCCCCCCCCCCCCCC.